The van der Waals surface area contributed by atoms with E-state index >= 15 is 0 Å². The van der Waals surface area contributed by atoms with Gasteiger partial charge in [0.1, 0.15) is 11.6 Å². The van der Waals surface area contributed by atoms with E-state index in [1.165, 1.54) is 25.7 Å². The first kappa shape index (κ1) is 46.9. The van der Waals surface area contributed by atoms with Gasteiger partial charge >= 0.3 is 0 Å². The van der Waals surface area contributed by atoms with Crippen molar-refractivity contribution in [3.63, 3.8) is 0 Å². The molecule has 0 aromatic heterocycles. The highest BCUT2D eigenvalue weighted by Gasteiger charge is 2.62. The largest absolute Gasteiger partial charge is 0.306 e. The summed E-state index contributed by atoms with van der Waals surface area (Å²) in [5, 5.41) is -0.330. The number of hydrogen-bond acceptors (Lipinski definition) is 9. The Hall–Kier alpha value is -1.66. The molecule has 1 aliphatic heterocycles. The summed E-state index contributed by atoms with van der Waals surface area (Å²) in [6.07, 6.45) is 19.4. The molecule has 0 bridgehead atoms. The fourth-order valence-electron chi connectivity index (χ4n) is 16.5. The topological polar surface area (TPSA) is 124 Å². The van der Waals surface area contributed by atoms with Crippen LogP contribution in [-0.2, 0) is 38.2 Å². The lowest BCUT2D eigenvalue weighted by molar-refractivity contribution is -0.141. The minimum Gasteiger partial charge on any atom is -0.306 e. The number of carbonyl (C=O) groups excluding carboxylic acids is 2. The standard InChI is InChI=1S/C25H41NO4S.C25H34O4S.CH4/c1-24-12-8-18(30-31(28,29)19-10-14-26(3)15-11-19)16-17(24)4-5-20-21-6-7-23(27)25(21,2)13-9-22(20)24;1-24-14-12-18(29-30(27,28)19-6-4-3-5-7-19)16-17(24)8-9-20-21-10-11-23(26)25(21,2)15-13-22(20)24;/h17-22H,4-16H2,1-3H3;3-7,17-18,20-22H,8-16H2,1-2H3;1H4. The van der Waals surface area contributed by atoms with Gasteiger partial charge in [0.2, 0.25) is 0 Å². The van der Waals surface area contributed by atoms with E-state index in [1.807, 2.05) is 6.07 Å². The van der Waals surface area contributed by atoms with Crippen molar-refractivity contribution in [3.8, 4) is 0 Å². The van der Waals surface area contributed by atoms with Crippen LogP contribution in [0.15, 0.2) is 35.2 Å². The smallest absolute Gasteiger partial charge is 0.297 e. The number of nitrogens with zero attached hydrogens (tertiary/aromatic N) is 1. The summed E-state index contributed by atoms with van der Waals surface area (Å²) in [4.78, 5) is 27.6. The lowest BCUT2D eigenvalue weighted by Crippen LogP contribution is -2.54. The number of rotatable bonds is 6. The number of benzene rings is 1. The minimum absolute atomic E-state index is 0. The number of hydrogen-bond donors (Lipinski definition) is 0. The van der Waals surface area contributed by atoms with Gasteiger partial charge in [-0.1, -0.05) is 53.3 Å². The normalized spacial score (nSPS) is 44.5. The molecule has 0 N–H and O–H groups in total. The molecule has 1 saturated heterocycles. The Balaban J connectivity index is 0.000000168. The maximum atomic E-state index is 12.9. The van der Waals surface area contributed by atoms with Gasteiger partial charge in [0.05, 0.1) is 22.4 Å². The molecule has 8 saturated carbocycles. The number of likely N-dealkylation sites (tertiary alicyclic amines) is 1. The summed E-state index contributed by atoms with van der Waals surface area (Å²) in [6, 6.07) is 8.50. The molecule has 1 aromatic rings. The van der Waals surface area contributed by atoms with Crippen LogP contribution in [0.3, 0.4) is 0 Å². The number of fused-ring (bicyclic) bond motifs is 10. The Labute approximate surface area is 375 Å². The molecule has 10 rings (SSSR count). The van der Waals surface area contributed by atoms with Crippen LogP contribution >= 0.6 is 0 Å². The lowest BCUT2D eigenvalue weighted by atomic mass is 9.45. The van der Waals surface area contributed by atoms with Crippen LogP contribution in [0.1, 0.15) is 164 Å². The minimum atomic E-state index is -3.70. The van der Waals surface area contributed by atoms with E-state index < -0.39 is 20.2 Å². The fraction of sp³-hybridized carbons (Fsp3) is 0.843. The van der Waals surface area contributed by atoms with Gasteiger partial charge < -0.3 is 4.90 Å². The van der Waals surface area contributed by atoms with E-state index in [1.54, 1.807) is 24.3 Å². The fourth-order valence-corrected chi connectivity index (χ4v) is 19.2. The first-order chi connectivity index (χ1) is 28.9. The molecule has 1 heterocycles. The zero-order chi connectivity index (χ0) is 43.2. The van der Waals surface area contributed by atoms with Crippen molar-refractivity contribution >= 4 is 31.8 Å². The molecule has 9 nitrogen and oxygen atoms in total. The predicted molar refractivity (Wildman–Crippen MR) is 243 cm³/mol. The average molecular weight is 898 g/mol. The Morgan fingerprint density at radius 2 is 1.03 bits per heavy atom. The molecule has 348 valence electrons. The molecule has 8 aliphatic carbocycles. The number of piperidine rings is 1. The van der Waals surface area contributed by atoms with Crippen molar-refractivity contribution in [2.24, 2.45) is 69.0 Å². The molecule has 14 unspecified atom stereocenters. The maximum Gasteiger partial charge on any atom is 0.297 e. The van der Waals surface area contributed by atoms with E-state index in [0.717, 1.165) is 103 Å². The van der Waals surface area contributed by atoms with Gasteiger partial charge in [0, 0.05) is 23.7 Å². The molecular formula is C51H79NO8S2. The highest BCUT2D eigenvalue weighted by atomic mass is 32.2. The van der Waals surface area contributed by atoms with Gasteiger partial charge in [-0.15, -0.1) is 0 Å². The summed E-state index contributed by atoms with van der Waals surface area (Å²) >= 11 is 0. The van der Waals surface area contributed by atoms with E-state index in [0.29, 0.717) is 71.8 Å². The summed E-state index contributed by atoms with van der Waals surface area (Å²) in [6.45, 7) is 11.1. The van der Waals surface area contributed by atoms with Gasteiger partial charge in [-0.3, -0.25) is 18.0 Å². The first-order valence-electron chi connectivity index (χ1n) is 24.5. The van der Waals surface area contributed by atoms with Gasteiger partial charge in [-0.2, -0.15) is 16.8 Å². The van der Waals surface area contributed by atoms with Crippen LogP contribution in [0.2, 0.25) is 0 Å². The van der Waals surface area contributed by atoms with Gasteiger partial charge in [-0.25, -0.2) is 0 Å². The monoisotopic (exact) mass is 898 g/mol. The third-order valence-corrected chi connectivity index (χ3v) is 23.5. The molecule has 14 atom stereocenters. The van der Waals surface area contributed by atoms with Crippen LogP contribution in [-0.4, -0.2) is 70.9 Å². The van der Waals surface area contributed by atoms with Crippen LogP contribution in [0.25, 0.3) is 0 Å². The van der Waals surface area contributed by atoms with Crippen molar-refractivity contribution in [2.75, 3.05) is 20.1 Å². The van der Waals surface area contributed by atoms with Gasteiger partial charge in [-0.05, 0) is 206 Å². The van der Waals surface area contributed by atoms with Crippen molar-refractivity contribution < 1.29 is 34.8 Å². The second-order valence-electron chi connectivity index (χ2n) is 22.9. The Kier molecular flexibility index (Phi) is 13.0. The maximum absolute atomic E-state index is 12.9. The molecule has 62 heavy (non-hydrogen) atoms. The highest BCUT2D eigenvalue weighted by molar-refractivity contribution is 7.87. The Morgan fingerprint density at radius 1 is 0.565 bits per heavy atom. The summed E-state index contributed by atoms with van der Waals surface area (Å²) in [7, 11) is -5.13. The van der Waals surface area contributed by atoms with Crippen LogP contribution in [0, 0.1) is 69.0 Å². The molecular weight excluding hydrogens is 819 g/mol. The lowest BCUT2D eigenvalue weighted by Gasteiger charge is -2.60. The summed E-state index contributed by atoms with van der Waals surface area (Å²) in [5.74, 6) is 5.96. The van der Waals surface area contributed by atoms with E-state index in [4.69, 9.17) is 8.37 Å². The molecule has 9 aliphatic rings. The van der Waals surface area contributed by atoms with E-state index in [9.17, 15) is 26.4 Å². The zero-order valence-electron chi connectivity index (χ0n) is 37.8. The third-order valence-electron chi connectivity index (χ3n) is 20.3. The second-order valence-corrected chi connectivity index (χ2v) is 26.3. The summed E-state index contributed by atoms with van der Waals surface area (Å²) in [5.41, 5.74) is 0.403. The Bertz CT molecular complexity index is 2040. The van der Waals surface area contributed by atoms with Crippen molar-refractivity contribution in [3.05, 3.63) is 30.3 Å². The predicted octanol–water partition coefficient (Wildman–Crippen LogP) is 10.4. The number of carbonyl (C=O) groups is 2. The van der Waals surface area contributed by atoms with E-state index in [2.05, 4.69) is 39.6 Å². The molecule has 9 fully saturated rings. The SMILES string of the molecule is C.CC12CCC3C(CCC4CC(OS(=O)(=O)c5ccccc5)CCC43C)C1CCC2=O.CN1CCC(S(=O)(=O)OC2CCC3(C)C(CCC4C5CCC(=O)C5(C)CCC43)C2)CC1. The van der Waals surface area contributed by atoms with Gasteiger partial charge in [0.15, 0.2) is 0 Å². The number of Topliss-reactive ketones (excluding diaryl/α,β-unsaturated/α-hetero) is 2. The van der Waals surface area contributed by atoms with Crippen LogP contribution < -0.4 is 0 Å². The second kappa shape index (κ2) is 17.2. The third kappa shape index (κ3) is 8.05. The zero-order valence-corrected chi connectivity index (χ0v) is 39.5. The molecule has 0 spiro atoms. The average Bonchev–Trinajstić information content (AvgIpc) is 3.71. The van der Waals surface area contributed by atoms with Crippen molar-refractivity contribution in [1.29, 1.82) is 0 Å². The molecule has 0 radical (unpaired) electrons. The van der Waals surface area contributed by atoms with Crippen LogP contribution in [0.4, 0.5) is 0 Å². The van der Waals surface area contributed by atoms with Gasteiger partial charge in [0.25, 0.3) is 20.2 Å². The van der Waals surface area contributed by atoms with Crippen molar-refractivity contribution in [2.45, 2.75) is 186 Å². The Morgan fingerprint density at radius 3 is 1.52 bits per heavy atom. The quantitative estimate of drug-likeness (QED) is 0.257. The summed E-state index contributed by atoms with van der Waals surface area (Å²) < 4.78 is 62.9. The van der Waals surface area contributed by atoms with Crippen molar-refractivity contribution in [1.82, 2.24) is 4.90 Å². The first-order valence-corrected chi connectivity index (χ1v) is 27.4. The molecule has 11 heteroatoms. The number of ketones is 2. The highest BCUT2D eigenvalue weighted by Crippen LogP contribution is 2.67. The van der Waals surface area contributed by atoms with E-state index in [-0.39, 0.29) is 51.4 Å². The molecule has 0 amide bonds. The van der Waals surface area contributed by atoms with Crippen LogP contribution in [0.5, 0.6) is 0 Å². The molecule has 1 aromatic carbocycles.